The Hall–Kier alpha value is -1.42. The van der Waals surface area contributed by atoms with Crippen LogP contribution in [0.4, 0.5) is 11.4 Å². The normalized spacial score (nSPS) is 11.2. The van der Waals surface area contributed by atoms with Crippen LogP contribution in [0.5, 0.6) is 0 Å². The summed E-state index contributed by atoms with van der Waals surface area (Å²) in [6, 6.07) is 5.31. The molecular weight excluding hydrogens is 226 g/mol. The number of para-hydroxylation sites is 1. The molecule has 0 saturated carbocycles. The third-order valence-corrected chi connectivity index (χ3v) is 2.47. The van der Waals surface area contributed by atoms with Crippen LogP contribution in [0.2, 0.25) is 5.02 Å². The first-order valence-corrected chi connectivity index (χ1v) is 5.30. The van der Waals surface area contributed by atoms with Gasteiger partial charge in [-0.3, -0.25) is 4.79 Å². The average Bonchev–Trinajstić information content (AvgIpc) is 2.10. The number of anilines is 2. The number of amides is 1. The van der Waals surface area contributed by atoms with E-state index >= 15 is 0 Å². The summed E-state index contributed by atoms with van der Waals surface area (Å²) >= 11 is 5.89. The van der Waals surface area contributed by atoms with E-state index in [4.69, 9.17) is 23.1 Å². The van der Waals surface area contributed by atoms with Crippen molar-refractivity contribution in [2.45, 2.75) is 25.8 Å². The molecule has 0 spiro atoms. The number of nitrogen functional groups attached to an aromatic ring is 1. The lowest BCUT2D eigenvalue weighted by Gasteiger charge is -2.27. The molecule has 0 aliphatic carbocycles. The van der Waals surface area contributed by atoms with Crippen LogP contribution in [0.1, 0.15) is 20.3 Å². The summed E-state index contributed by atoms with van der Waals surface area (Å²) in [7, 11) is 0. The van der Waals surface area contributed by atoms with Crippen molar-refractivity contribution in [3.63, 3.8) is 0 Å². The van der Waals surface area contributed by atoms with E-state index in [9.17, 15) is 4.79 Å². The molecule has 0 bridgehead atoms. The summed E-state index contributed by atoms with van der Waals surface area (Å²) in [6.07, 6.45) is 0.221. The first-order chi connectivity index (χ1) is 7.32. The van der Waals surface area contributed by atoms with Crippen molar-refractivity contribution in [2.24, 2.45) is 5.73 Å². The quantitative estimate of drug-likeness (QED) is 0.705. The van der Waals surface area contributed by atoms with E-state index in [1.807, 2.05) is 19.9 Å². The minimum Gasteiger partial charge on any atom is -0.396 e. The van der Waals surface area contributed by atoms with Gasteiger partial charge in [-0.2, -0.15) is 0 Å². The zero-order valence-corrected chi connectivity index (χ0v) is 10.1. The highest BCUT2D eigenvalue weighted by Gasteiger charge is 2.21. The van der Waals surface area contributed by atoms with Crippen LogP contribution in [-0.4, -0.2) is 11.4 Å². The van der Waals surface area contributed by atoms with E-state index in [1.165, 1.54) is 0 Å². The molecule has 0 saturated heterocycles. The Morgan fingerprint density at radius 1 is 1.50 bits per heavy atom. The van der Waals surface area contributed by atoms with Crippen LogP contribution in [0.25, 0.3) is 0 Å². The standard InChI is InChI=1S/C11H16ClN3O/c1-11(2,6-9(13)16)15-8-5-3-4-7(12)10(8)14/h3-5,15H,6,14H2,1-2H3,(H2,13,16). The van der Waals surface area contributed by atoms with Gasteiger partial charge >= 0.3 is 0 Å². The number of hydrogen-bond donors (Lipinski definition) is 3. The Morgan fingerprint density at radius 3 is 2.69 bits per heavy atom. The topological polar surface area (TPSA) is 81.1 Å². The Bertz CT molecular complexity index is 404. The molecule has 4 nitrogen and oxygen atoms in total. The molecular formula is C11H16ClN3O. The number of nitrogens with one attached hydrogen (secondary N) is 1. The molecule has 5 heteroatoms. The molecule has 0 aromatic heterocycles. The highest BCUT2D eigenvalue weighted by Crippen LogP contribution is 2.29. The molecule has 0 atom stereocenters. The van der Waals surface area contributed by atoms with Crippen LogP contribution in [0.3, 0.4) is 0 Å². The molecule has 0 aliphatic heterocycles. The fourth-order valence-electron chi connectivity index (χ4n) is 1.49. The lowest BCUT2D eigenvalue weighted by atomic mass is 9.99. The van der Waals surface area contributed by atoms with Gasteiger partial charge in [0, 0.05) is 12.0 Å². The number of rotatable bonds is 4. The molecule has 1 aromatic carbocycles. The van der Waals surface area contributed by atoms with Crippen molar-refractivity contribution in [2.75, 3.05) is 11.1 Å². The second-order valence-corrected chi connectivity index (χ2v) is 4.76. The van der Waals surface area contributed by atoms with E-state index in [0.717, 1.165) is 0 Å². The van der Waals surface area contributed by atoms with Crippen molar-refractivity contribution < 1.29 is 4.79 Å². The molecule has 1 amide bonds. The van der Waals surface area contributed by atoms with Crippen molar-refractivity contribution >= 4 is 28.9 Å². The summed E-state index contributed by atoms with van der Waals surface area (Å²) < 4.78 is 0. The molecule has 88 valence electrons. The van der Waals surface area contributed by atoms with Crippen LogP contribution in [-0.2, 0) is 4.79 Å². The number of halogens is 1. The average molecular weight is 242 g/mol. The lowest BCUT2D eigenvalue weighted by molar-refractivity contribution is -0.118. The van der Waals surface area contributed by atoms with Gasteiger partial charge in [-0.15, -0.1) is 0 Å². The molecule has 5 N–H and O–H groups in total. The summed E-state index contributed by atoms with van der Waals surface area (Å²) in [5.74, 6) is -0.363. The summed E-state index contributed by atoms with van der Waals surface area (Å²) in [5, 5.41) is 3.63. The maximum Gasteiger partial charge on any atom is 0.219 e. The number of carbonyl (C=O) groups excluding carboxylic acids is 1. The van der Waals surface area contributed by atoms with E-state index < -0.39 is 5.54 Å². The Labute approximate surface area is 100.0 Å². The van der Waals surface area contributed by atoms with E-state index in [2.05, 4.69) is 5.32 Å². The second-order valence-electron chi connectivity index (χ2n) is 4.35. The van der Waals surface area contributed by atoms with Crippen molar-refractivity contribution in [3.05, 3.63) is 23.2 Å². The summed E-state index contributed by atoms with van der Waals surface area (Å²) in [4.78, 5) is 10.9. The van der Waals surface area contributed by atoms with Gasteiger partial charge in [0.1, 0.15) is 0 Å². The lowest BCUT2D eigenvalue weighted by Crippen LogP contribution is -2.36. The van der Waals surface area contributed by atoms with Crippen LogP contribution >= 0.6 is 11.6 Å². The van der Waals surface area contributed by atoms with Gasteiger partial charge in [0.15, 0.2) is 0 Å². The maximum atomic E-state index is 10.9. The number of nitrogens with two attached hydrogens (primary N) is 2. The molecule has 0 unspecified atom stereocenters. The van der Waals surface area contributed by atoms with E-state index in [1.54, 1.807) is 12.1 Å². The Morgan fingerprint density at radius 2 is 2.12 bits per heavy atom. The van der Waals surface area contributed by atoms with Gasteiger partial charge in [0.25, 0.3) is 0 Å². The van der Waals surface area contributed by atoms with Crippen molar-refractivity contribution in [3.8, 4) is 0 Å². The highest BCUT2D eigenvalue weighted by atomic mass is 35.5. The zero-order chi connectivity index (χ0) is 12.3. The second kappa shape index (κ2) is 4.61. The van der Waals surface area contributed by atoms with E-state index in [-0.39, 0.29) is 12.3 Å². The third kappa shape index (κ3) is 3.31. The van der Waals surface area contributed by atoms with Gasteiger partial charge in [0.2, 0.25) is 5.91 Å². The van der Waals surface area contributed by atoms with E-state index in [0.29, 0.717) is 16.4 Å². The molecule has 0 fully saturated rings. The first-order valence-electron chi connectivity index (χ1n) is 4.92. The molecule has 1 rings (SSSR count). The van der Waals surface area contributed by atoms with Crippen LogP contribution in [0.15, 0.2) is 18.2 Å². The number of carbonyl (C=O) groups is 1. The fraction of sp³-hybridized carbons (Fsp3) is 0.364. The number of primary amides is 1. The number of benzene rings is 1. The zero-order valence-electron chi connectivity index (χ0n) is 9.38. The van der Waals surface area contributed by atoms with Gasteiger partial charge in [-0.05, 0) is 26.0 Å². The van der Waals surface area contributed by atoms with Gasteiger partial charge in [-0.1, -0.05) is 17.7 Å². The molecule has 16 heavy (non-hydrogen) atoms. The largest absolute Gasteiger partial charge is 0.396 e. The third-order valence-electron chi connectivity index (χ3n) is 2.14. The fourth-order valence-corrected chi connectivity index (χ4v) is 1.66. The molecule has 0 radical (unpaired) electrons. The SMILES string of the molecule is CC(C)(CC(N)=O)Nc1cccc(Cl)c1N. The monoisotopic (exact) mass is 241 g/mol. The number of hydrogen-bond acceptors (Lipinski definition) is 3. The van der Waals surface area contributed by atoms with Crippen LogP contribution < -0.4 is 16.8 Å². The molecule has 0 heterocycles. The summed E-state index contributed by atoms with van der Waals surface area (Å²) in [5.41, 5.74) is 11.7. The van der Waals surface area contributed by atoms with Gasteiger partial charge in [0.05, 0.1) is 16.4 Å². The Kier molecular flexibility index (Phi) is 3.65. The predicted octanol–water partition coefficient (Wildman–Crippen LogP) is 1.99. The van der Waals surface area contributed by atoms with Crippen molar-refractivity contribution in [1.29, 1.82) is 0 Å². The summed E-state index contributed by atoms with van der Waals surface area (Å²) in [6.45, 7) is 3.75. The van der Waals surface area contributed by atoms with Crippen molar-refractivity contribution in [1.82, 2.24) is 0 Å². The van der Waals surface area contributed by atoms with Gasteiger partial charge in [-0.25, -0.2) is 0 Å². The van der Waals surface area contributed by atoms with Gasteiger partial charge < -0.3 is 16.8 Å². The van der Waals surface area contributed by atoms with Crippen LogP contribution in [0, 0.1) is 0 Å². The molecule has 0 aliphatic rings. The predicted molar refractivity (Wildman–Crippen MR) is 67.4 cm³/mol. The molecule has 1 aromatic rings. The minimum atomic E-state index is -0.454. The minimum absolute atomic E-state index is 0.221. The Balaban J connectivity index is 2.87. The smallest absolute Gasteiger partial charge is 0.219 e. The highest BCUT2D eigenvalue weighted by molar-refractivity contribution is 6.33. The first kappa shape index (κ1) is 12.6. The maximum absolute atomic E-state index is 10.9.